The van der Waals surface area contributed by atoms with Gasteiger partial charge >= 0.3 is 5.97 Å². The van der Waals surface area contributed by atoms with Crippen LogP contribution in [0.1, 0.15) is 11.1 Å². The van der Waals surface area contributed by atoms with Gasteiger partial charge in [0.15, 0.2) is 0 Å². The third-order valence-electron chi connectivity index (χ3n) is 4.13. The lowest BCUT2D eigenvalue weighted by atomic mass is 10.1. The quantitative estimate of drug-likeness (QED) is 0.745. The van der Waals surface area contributed by atoms with Gasteiger partial charge in [0.1, 0.15) is 6.04 Å². The molecule has 24 heavy (non-hydrogen) atoms. The van der Waals surface area contributed by atoms with Crippen molar-refractivity contribution in [2.24, 2.45) is 12.8 Å². The summed E-state index contributed by atoms with van der Waals surface area (Å²) in [6, 6.07) is 15.4. The van der Waals surface area contributed by atoms with Crippen molar-refractivity contribution < 1.29 is 9.90 Å². The number of fused-ring (bicyclic) bond motifs is 1. The Kier molecular flexibility index (Phi) is 4.64. The molecule has 124 valence electrons. The number of benzene rings is 2. The van der Waals surface area contributed by atoms with Crippen molar-refractivity contribution in [3.63, 3.8) is 0 Å². The number of aromatic nitrogens is 1. The first-order chi connectivity index (χ1) is 11.5. The third kappa shape index (κ3) is 3.18. The predicted molar refractivity (Wildman–Crippen MR) is 97.5 cm³/mol. The van der Waals surface area contributed by atoms with Crippen molar-refractivity contribution in [3.05, 3.63) is 59.7 Å². The molecule has 0 spiro atoms. The molecule has 0 aliphatic rings. The van der Waals surface area contributed by atoms with E-state index in [0.717, 1.165) is 26.4 Å². The molecule has 3 rings (SSSR count). The molecule has 0 saturated carbocycles. The maximum atomic E-state index is 11.2. The van der Waals surface area contributed by atoms with Crippen LogP contribution in [0, 0.1) is 6.92 Å². The van der Waals surface area contributed by atoms with E-state index in [4.69, 9.17) is 5.73 Å². The summed E-state index contributed by atoms with van der Waals surface area (Å²) >= 11 is 1.64. The second-order valence-corrected chi connectivity index (χ2v) is 6.99. The maximum absolute atomic E-state index is 11.2. The van der Waals surface area contributed by atoms with E-state index in [0.29, 0.717) is 6.42 Å². The van der Waals surface area contributed by atoms with Gasteiger partial charge in [0.05, 0.1) is 5.03 Å². The summed E-state index contributed by atoms with van der Waals surface area (Å²) in [5.74, 6) is -0.978. The van der Waals surface area contributed by atoms with Gasteiger partial charge in [-0.25, -0.2) is 0 Å². The van der Waals surface area contributed by atoms with Crippen LogP contribution in [-0.4, -0.2) is 21.7 Å². The summed E-state index contributed by atoms with van der Waals surface area (Å²) in [6.45, 7) is 2.06. The van der Waals surface area contributed by atoms with Crippen LogP contribution < -0.4 is 5.73 Å². The Hall–Kier alpha value is -2.24. The van der Waals surface area contributed by atoms with E-state index >= 15 is 0 Å². The molecule has 0 radical (unpaired) electrons. The van der Waals surface area contributed by atoms with Gasteiger partial charge in [-0.15, -0.1) is 0 Å². The highest BCUT2D eigenvalue weighted by molar-refractivity contribution is 7.99. The van der Waals surface area contributed by atoms with Gasteiger partial charge in [0.2, 0.25) is 0 Å². The highest BCUT2D eigenvalue weighted by Crippen LogP contribution is 2.37. The third-order valence-corrected chi connectivity index (χ3v) is 5.35. The van der Waals surface area contributed by atoms with Crippen molar-refractivity contribution >= 4 is 28.6 Å². The second-order valence-electron chi connectivity index (χ2n) is 5.92. The standard InChI is InChI=1S/C19H20N2O2S/c1-12-7-9-13(10-8-12)24-18-15(11-16(20)19(22)23)14-5-3-4-6-17(14)21(18)2/h3-10,16H,11,20H2,1-2H3,(H,22,23). The minimum Gasteiger partial charge on any atom is -0.480 e. The van der Waals surface area contributed by atoms with Gasteiger partial charge in [-0.3, -0.25) is 4.79 Å². The Morgan fingerprint density at radius 1 is 1.21 bits per heavy atom. The Balaban J connectivity index is 2.09. The highest BCUT2D eigenvalue weighted by atomic mass is 32.2. The number of para-hydroxylation sites is 1. The van der Waals surface area contributed by atoms with Crippen LogP contribution in [0.2, 0.25) is 0 Å². The van der Waals surface area contributed by atoms with Gasteiger partial charge in [0.25, 0.3) is 0 Å². The molecule has 4 nitrogen and oxygen atoms in total. The van der Waals surface area contributed by atoms with Crippen molar-refractivity contribution in [3.8, 4) is 0 Å². The molecule has 0 amide bonds. The Labute approximate surface area is 145 Å². The molecular formula is C19H20N2O2S. The lowest BCUT2D eigenvalue weighted by Gasteiger charge is -2.10. The average molecular weight is 340 g/mol. The maximum Gasteiger partial charge on any atom is 0.320 e. The van der Waals surface area contributed by atoms with Crippen LogP contribution in [0.25, 0.3) is 10.9 Å². The van der Waals surface area contributed by atoms with Crippen molar-refractivity contribution in [1.29, 1.82) is 0 Å². The summed E-state index contributed by atoms with van der Waals surface area (Å²) in [5.41, 5.74) is 9.10. The number of carboxylic acid groups (broad SMARTS) is 1. The highest BCUT2D eigenvalue weighted by Gasteiger charge is 2.21. The van der Waals surface area contributed by atoms with Gasteiger partial charge in [-0.1, -0.05) is 47.7 Å². The van der Waals surface area contributed by atoms with Crippen molar-refractivity contribution in [1.82, 2.24) is 4.57 Å². The number of nitrogens with two attached hydrogens (primary N) is 1. The molecule has 1 unspecified atom stereocenters. The van der Waals surface area contributed by atoms with E-state index in [1.807, 2.05) is 31.3 Å². The lowest BCUT2D eigenvalue weighted by Crippen LogP contribution is -2.32. The zero-order valence-electron chi connectivity index (χ0n) is 13.7. The topological polar surface area (TPSA) is 68.2 Å². The van der Waals surface area contributed by atoms with Crippen LogP contribution in [0.15, 0.2) is 58.5 Å². The SMILES string of the molecule is Cc1ccc(Sc2c(CC(N)C(=O)O)c3ccccc3n2C)cc1. The largest absolute Gasteiger partial charge is 0.480 e. The number of nitrogens with zero attached hydrogens (tertiary/aromatic N) is 1. The van der Waals surface area contributed by atoms with Gasteiger partial charge < -0.3 is 15.4 Å². The first-order valence-electron chi connectivity index (χ1n) is 7.76. The minimum atomic E-state index is -0.978. The van der Waals surface area contributed by atoms with E-state index < -0.39 is 12.0 Å². The first-order valence-corrected chi connectivity index (χ1v) is 8.58. The second kappa shape index (κ2) is 6.71. The summed E-state index contributed by atoms with van der Waals surface area (Å²) in [4.78, 5) is 12.3. The van der Waals surface area contributed by atoms with Crippen LogP contribution in [0.3, 0.4) is 0 Å². The monoisotopic (exact) mass is 340 g/mol. The van der Waals surface area contributed by atoms with E-state index in [9.17, 15) is 9.90 Å². The summed E-state index contributed by atoms with van der Waals surface area (Å²) in [7, 11) is 2.01. The molecule has 0 aliphatic heterocycles. The Morgan fingerprint density at radius 2 is 1.88 bits per heavy atom. The van der Waals surface area contributed by atoms with Crippen LogP contribution in [0.4, 0.5) is 0 Å². The zero-order valence-corrected chi connectivity index (χ0v) is 14.5. The molecule has 3 aromatic rings. The number of carboxylic acids is 1. The predicted octanol–water partition coefficient (Wildman–Crippen LogP) is 3.59. The number of aliphatic carboxylic acids is 1. The molecule has 0 fully saturated rings. The molecule has 1 aromatic heterocycles. The number of carbonyl (C=O) groups is 1. The van der Waals surface area contributed by atoms with E-state index in [-0.39, 0.29) is 0 Å². The molecule has 0 bridgehead atoms. The molecule has 0 saturated heterocycles. The van der Waals surface area contributed by atoms with Crippen molar-refractivity contribution in [2.75, 3.05) is 0 Å². The molecule has 2 aromatic carbocycles. The van der Waals surface area contributed by atoms with Crippen molar-refractivity contribution in [2.45, 2.75) is 29.3 Å². The Bertz CT molecular complexity index is 884. The van der Waals surface area contributed by atoms with E-state index in [1.54, 1.807) is 11.8 Å². The molecular weight excluding hydrogens is 320 g/mol. The molecule has 1 heterocycles. The zero-order chi connectivity index (χ0) is 17.3. The van der Waals surface area contributed by atoms with Gasteiger partial charge in [-0.2, -0.15) is 0 Å². The number of rotatable bonds is 5. The van der Waals surface area contributed by atoms with E-state index in [1.165, 1.54) is 5.56 Å². The van der Waals surface area contributed by atoms with E-state index in [2.05, 4.69) is 35.8 Å². The number of hydrogen-bond donors (Lipinski definition) is 2. The first kappa shape index (κ1) is 16.6. The molecule has 5 heteroatoms. The fraction of sp³-hybridized carbons (Fsp3) is 0.211. The van der Waals surface area contributed by atoms with Crippen LogP contribution in [-0.2, 0) is 18.3 Å². The number of aryl methyl sites for hydroxylation is 2. The molecule has 3 N–H and O–H groups in total. The normalized spacial score (nSPS) is 12.5. The van der Waals surface area contributed by atoms with Gasteiger partial charge in [-0.05, 0) is 30.7 Å². The van der Waals surface area contributed by atoms with Crippen LogP contribution in [0.5, 0.6) is 0 Å². The minimum absolute atomic E-state index is 0.310. The molecule has 0 aliphatic carbocycles. The van der Waals surface area contributed by atoms with Crippen LogP contribution >= 0.6 is 11.8 Å². The fourth-order valence-corrected chi connectivity index (χ4v) is 3.85. The summed E-state index contributed by atoms with van der Waals surface area (Å²) in [5, 5.41) is 11.3. The summed E-state index contributed by atoms with van der Waals surface area (Å²) < 4.78 is 2.11. The summed E-state index contributed by atoms with van der Waals surface area (Å²) in [6.07, 6.45) is 0.310. The Morgan fingerprint density at radius 3 is 2.54 bits per heavy atom. The fourth-order valence-electron chi connectivity index (χ4n) is 2.80. The smallest absolute Gasteiger partial charge is 0.320 e. The van der Waals surface area contributed by atoms with Gasteiger partial charge in [0, 0.05) is 29.3 Å². The number of hydrogen-bond acceptors (Lipinski definition) is 3. The lowest BCUT2D eigenvalue weighted by molar-refractivity contribution is -0.138. The average Bonchev–Trinajstić information content (AvgIpc) is 2.83. The molecule has 1 atom stereocenters.